The predicted molar refractivity (Wildman–Crippen MR) is 65.5 cm³/mol. The fourth-order valence-corrected chi connectivity index (χ4v) is 1.45. The maximum Gasteiger partial charge on any atom is 0.307 e. The third kappa shape index (κ3) is 4.56. The van der Waals surface area contributed by atoms with Gasteiger partial charge in [-0.25, -0.2) is 0 Å². The van der Waals surface area contributed by atoms with Crippen LogP contribution in [0.3, 0.4) is 0 Å². The van der Waals surface area contributed by atoms with E-state index in [0.717, 1.165) is 5.69 Å². The van der Waals surface area contributed by atoms with Crippen LogP contribution in [-0.2, 0) is 9.53 Å². The Morgan fingerprint density at radius 1 is 1.47 bits per heavy atom. The van der Waals surface area contributed by atoms with E-state index in [0.29, 0.717) is 18.6 Å². The van der Waals surface area contributed by atoms with Crippen LogP contribution >= 0.6 is 0 Å². The Morgan fingerprint density at radius 2 is 2.12 bits per heavy atom. The quantitative estimate of drug-likeness (QED) is 0.791. The first-order valence-electron chi connectivity index (χ1n) is 5.58. The molecule has 1 rings (SSSR count). The number of anilines is 1. The SMILES string of the molecule is CCOC(=O)CC(C)Nc1ccc(C#N)cc1. The minimum absolute atomic E-state index is 0.00184. The first-order chi connectivity index (χ1) is 8.15. The number of ether oxygens (including phenoxy) is 1. The van der Waals surface area contributed by atoms with Gasteiger partial charge in [-0.1, -0.05) is 0 Å². The normalized spacial score (nSPS) is 11.4. The van der Waals surface area contributed by atoms with E-state index in [1.165, 1.54) is 0 Å². The second-order valence-corrected chi connectivity index (χ2v) is 3.74. The third-order valence-corrected chi connectivity index (χ3v) is 2.21. The lowest BCUT2D eigenvalue weighted by atomic mass is 10.2. The maximum absolute atomic E-state index is 11.2. The third-order valence-electron chi connectivity index (χ3n) is 2.21. The van der Waals surface area contributed by atoms with E-state index in [1.54, 1.807) is 19.1 Å². The van der Waals surface area contributed by atoms with Crippen molar-refractivity contribution in [1.29, 1.82) is 5.26 Å². The Labute approximate surface area is 101 Å². The zero-order valence-corrected chi connectivity index (χ0v) is 10.1. The molecule has 0 bridgehead atoms. The molecule has 1 N–H and O–H groups in total. The van der Waals surface area contributed by atoms with Gasteiger partial charge in [0.1, 0.15) is 0 Å². The van der Waals surface area contributed by atoms with Gasteiger partial charge in [0.2, 0.25) is 0 Å². The van der Waals surface area contributed by atoms with Crippen LogP contribution < -0.4 is 5.32 Å². The van der Waals surface area contributed by atoms with Crippen LogP contribution in [0.4, 0.5) is 5.69 Å². The van der Waals surface area contributed by atoms with Crippen molar-refractivity contribution in [3.63, 3.8) is 0 Å². The van der Waals surface area contributed by atoms with Gasteiger partial charge in [-0.15, -0.1) is 0 Å². The zero-order chi connectivity index (χ0) is 12.7. The largest absolute Gasteiger partial charge is 0.466 e. The summed E-state index contributed by atoms with van der Waals surface area (Å²) in [6.07, 6.45) is 0.327. The second kappa shape index (κ2) is 6.54. The molecule has 0 aliphatic rings. The van der Waals surface area contributed by atoms with Gasteiger partial charge in [-0.05, 0) is 38.1 Å². The van der Waals surface area contributed by atoms with Gasteiger partial charge in [0.15, 0.2) is 0 Å². The van der Waals surface area contributed by atoms with Gasteiger partial charge in [0, 0.05) is 11.7 Å². The Kier molecular flexibility index (Phi) is 5.02. The van der Waals surface area contributed by atoms with Crippen LogP contribution in [0.2, 0.25) is 0 Å². The molecule has 0 amide bonds. The van der Waals surface area contributed by atoms with E-state index in [9.17, 15) is 4.79 Å². The summed E-state index contributed by atoms with van der Waals surface area (Å²) in [6, 6.07) is 9.17. The number of nitrogens with one attached hydrogen (secondary N) is 1. The van der Waals surface area contributed by atoms with Crippen LogP contribution in [0, 0.1) is 11.3 Å². The highest BCUT2D eigenvalue weighted by molar-refractivity contribution is 5.70. The van der Waals surface area contributed by atoms with Crippen LogP contribution in [0.5, 0.6) is 0 Å². The minimum Gasteiger partial charge on any atom is -0.466 e. The molecule has 0 heterocycles. The molecule has 0 aromatic heterocycles. The molecule has 0 aliphatic carbocycles. The topological polar surface area (TPSA) is 62.1 Å². The molecule has 0 radical (unpaired) electrons. The Balaban J connectivity index is 2.47. The fourth-order valence-electron chi connectivity index (χ4n) is 1.45. The van der Waals surface area contributed by atoms with Gasteiger partial charge >= 0.3 is 5.97 Å². The molecular weight excluding hydrogens is 216 g/mol. The highest BCUT2D eigenvalue weighted by Crippen LogP contribution is 2.11. The molecule has 0 spiro atoms. The van der Waals surface area contributed by atoms with E-state index in [-0.39, 0.29) is 12.0 Å². The summed E-state index contributed by atoms with van der Waals surface area (Å²) >= 11 is 0. The number of carbonyl (C=O) groups is 1. The van der Waals surface area contributed by atoms with Crippen molar-refractivity contribution >= 4 is 11.7 Å². The number of carbonyl (C=O) groups excluding carboxylic acids is 1. The number of nitriles is 1. The van der Waals surface area contributed by atoms with Crippen molar-refractivity contribution in [2.75, 3.05) is 11.9 Å². The summed E-state index contributed by atoms with van der Waals surface area (Å²) in [4.78, 5) is 11.2. The lowest BCUT2D eigenvalue weighted by Gasteiger charge is -2.14. The minimum atomic E-state index is -0.207. The van der Waals surface area contributed by atoms with E-state index < -0.39 is 0 Å². The van der Waals surface area contributed by atoms with Crippen molar-refractivity contribution in [2.24, 2.45) is 0 Å². The van der Waals surface area contributed by atoms with E-state index in [2.05, 4.69) is 11.4 Å². The molecule has 1 aromatic rings. The predicted octanol–water partition coefficient (Wildman–Crippen LogP) is 2.31. The van der Waals surface area contributed by atoms with Crippen molar-refractivity contribution in [3.8, 4) is 6.07 Å². The molecule has 17 heavy (non-hydrogen) atoms. The highest BCUT2D eigenvalue weighted by atomic mass is 16.5. The first-order valence-corrected chi connectivity index (χ1v) is 5.58. The number of nitrogens with zero attached hydrogens (tertiary/aromatic N) is 1. The van der Waals surface area contributed by atoms with Crippen LogP contribution in [0.15, 0.2) is 24.3 Å². The number of hydrogen-bond acceptors (Lipinski definition) is 4. The van der Waals surface area contributed by atoms with Crippen LogP contribution in [0.1, 0.15) is 25.8 Å². The molecule has 1 unspecified atom stereocenters. The summed E-state index contributed by atoms with van der Waals surface area (Å²) < 4.78 is 4.86. The number of hydrogen-bond donors (Lipinski definition) is 1. The number of esters is 1. The van der Waals surface area contributed by atoms with Crippen LogP contribution in [0.25, 0.3) is 0 Å². The summed E-state index contributed by atoms with van der Waals surface area (Å²) in [6.45, 7) is 4.11. The Morgan fingerprint density at radius 3 is 2.65 bits per heavy atom. The Hall–Kier alpha value is -2.02. The van der Waals surface area contributed by atoms with Crippen molar-refractivity contribution < 1.29 is 9.53 Å². The summed E-state index contributed by atoms with van der Waals surface area (Å²) in [5, 5.41) is 11.8. The molecule has 1 atom stereocenters. The van der Waals surface area contributed by atoms with Gasteiger partial charge < -0.3 is 10.1 Å². The molecule has 4 nitrogen and oxygen atoms in total. The van der Waals surface area contributed by atoms with Crippen molar-refractivity contribution in [3.05, 3.63) is 29.8 Å². The fraction of sp³-hybridized carbons (Fsp3) is 0.385. The molecule has 1 aromatic carbocycles. The lowest BCUT2D eigenvalue weighted by molar-refractivity contribution is -0.143. The lowest BCUT2D eigenvalue weighted by Crippen LogP contribution is -2.20. The standard InChI is InChI=1S/C13H16N2O2/c1-3-17-13(16)8-10(2)15-12-6-4-11(9-14)5-7-12/h4-7,10,15H,3,8H2,1-2H3. The summed E-state index contributed by atoms with van der Waals surface area (Å²) in [5.74, 6) is -0.207. The molecule has 0 aliphatic heterocycles. The summed E-state index contributed by atoms with van der Waals surface area (Å²) in [7, 11) is 0. The first kappa shape index (κ1) is 13.0. The maximum atomic E-state index is 11.2. The molecule has 0 saturated heterocycles. The number of benzene rings is 1. The molecule has 4 heteroatoms. The molecule has 90 valence electrons. The molecular formula is C13H16N2O2. The van der Waals surface area contributed by atoms with Crippen LogP contribution in [-0.4, -0.2) is 18.6 Å². The van der Waals surface area contributed by atoms with Gasteiger partial charge in [0.25, 0.3) is 0 Å². The monoisotopic (exact) mass is 232 g/mol. The zero-order valence-electron chi connectivity index (χ0n) is 10.1. The smallest absolute Gasteiger partial charge is 0.307 e. The van der Waals surface area contributed by atoms with Gasteiger partial charge in [-0.3, -0.25) is 4.79 Å². The highest BCUT2D eigenvalue weighted by Gasteiger charge is 2.09. The van der Waals surface area contributed by atoms with Gasteiger partial charge in [0.05, 0.1) is 24.7 Å². The Bertz CT molecular complexity index is 406. The average molecular weight is 232 g/mol. The van der Waals surface area contributed by atoms with Crippen molar-refractivity contribution in [1.82, 2.24) is 0 Å². The molecule has 0 fully saturated rings. The number of rotatable bonds is 5. The second-order valence-electron chi connectivity index (χ2n) is 3.74. The van der Waals surface area contributed by atoms with E-state index in [4.69, 9.17) is 10.00 Å². The summed E-state index contributed by atoms with van der Waals surface area (Å²) in [5.41, 5.74) is 1.51. The molecule has 0 saturated carbocycles. The van der Waals surface area contributed by atoms with Crippen molar-refractivity contribution in [2.45, 2.75) is 26.3 Å². The van der Waals surface area contributed by atoms with E-state index >= 15 is 0 Å². The van der Waals surface area contributed by atoms with Gasteiger partial charge in [-0.2, -0.15) is 5.26 Å². The van der Waals surface area contributed by atoms with E-state index in [1.807, 2.05) is 19.1 Å². The average Bonchev–Trinajstić information content (AvgIpc) is 2.30.